The van der Waals surface area contributed by atoms with Gasteiger partial charge in [-0.2, -0.15) is 0 Å². The third kappa shape index (κ3) is 3.90. The lowest BCUT2D eigenvalue weighted by Gasteiger charge is -2.46. The van der Waals surface area contributed by atoms with E-state index in [9.17, 15) is 8.78 Å². The second kappa shape index (κ2) is 9.09. The number of nitrogens with one attached hydrogen (secondary N) is 2. The van der Waals surface area contributed by atoms with Gasteiger partial charge in [0.15, 0.2) is 0 Å². The van der Waals surface area contributed by atoms with Gasteiger partial charge < -0.3 is 10.3 Å². The Kier molecular flexibility index (Phi) is 5.81. The smallest absolute Gasteiger partial charge is 0.0951 e. The second-order valence-corrected chi connectivity index (χ2v) is 12.3. The average Bonchev–Trinajstić information content (AvgIpc) is 3.54. The van der Waals surface area contributed by atoms with Gasteiger partial charge in [0, 0.05) is 59.4 Å². The maximum absolute atomic E-state index is 14.0. The van der Waals surface area contributed by atoms with Crippen LogP contribution in [0.15, 0.2) is 48.5 Å². The van der Waals surface area contributed by atoms with Gasteiger partial charge in [-0.1, -0.05) is 30.3 Å². The molecule has 2 aliphatic heterocycles. The van der Waals surface area contributed by atoms with Crippen LogP contribution in [0.1, 0.15) is 55.5 Å². The largest absolute Gasteiger partial charge is 0.380 e. The molecule has 1 aromatic heterocycles. The lowest BCUT2D eigenvalue weighted by molar-refractivity contribution is 0.0596. The molecule has 196 valence electrons. The minimum atomic E-state index is -0.235. The summed E-state index contributed by atoms with van der Waals surface area (Å²) in [6.07, 6.45) is 4.75. The van der Waals surface area contributed by atoms with Gasteiger partial charge in [0.05, 0.1) is 25.4 Å². The molecule has 0 radical (unpaired) electrons. The van der Waals surface area contributed by atoms with Crippen LogP contribution in [0.4, 0.5) is 14.5 Å². The van der Waals surface area contributed by atoms with E-state index in [1.54, 1.807) is 0 Å². The molecule has 0 amide bonds. The van der Waals surface area contributed by atoms with Crippen LogP contribution in [-0.2, 0) is 6.42 Å². The molecular formula is C31H38F2N4. The lowest BCUT2D eigenvalue weighted by Crippen LogP contribution is -2.54. The van der Waals surface area contributed by atoms with E-state index in [2.05, 4.69) is 75.6 Å². The van der Waals surface area contributed by atoms with E-state index in [1.807, 2.05) is 0 Å². The topological polar surface area (TPSA) is 34.3 Å². The number of likely N-dealkylation sites (tertiary alicyclic amines) is 1. The zero-order valence-corrected chi connectivity index (χ0v) is 21.7. The average molecular weight is 505 g/mol. The summed E-state index contributed by atoms with van der Waals surface area (Å²) in [4.78, 5) is 8.86. The van der Waals surface area contributed by atoms with Gasteiger partial charge in [-0.3, -0.25) is 18.6 Å². The van der Waals surface area contributed by atoms with Crippen LogP contribution in [0.25, 0.3) is 10.9 Å². The standard InChI is InChI=1S/C31H38F2N4/c1-20-13-26-25-5-2-3-6-27(25)35-29(26)30(37(20)28-16-31(19-33)14-22(28)15-31)21-7-9-23(10-8-21)34-24-17-36(18-24)12-4-11-32/h2-3,5-10,20,22,24,28,30,34-35H,4,11-19H2,1H3/t20-,22?,28-,30-,31?/m1/s1. The Labute approximate surface area is 218 Å². The molecule has 2 bridgehead atoms. The Morgan fingerprint density at radius 1 is 1.03 bits per heavy atom. The zero-order chi connectivity index (χ0) is 25.1. The molecule has 0 unspecified atom stereocenters. The second-order valence-electron chi connectivity index (χ2n) is 12.3. The number of hydrogen-bond acceptors (Lipinski definition) is 3. The quantitative estimate of drug-likeness (QED) is 0.389. The van der Waals surface area contributed by atoms with E-state index < -0.39 is 0 Å². The number of alkyl halides is 2. The molecule has 1 saturated heterocycles. The van der Waals surface area contributed by atoms with Crippen molar-refractivity contribution in [3.8, 4) is 0 Å². The highest BCUT2D eigenvalue weighted by atomic mass is 19.1. The summed E-state index contributed by atoms with van der Waals surface area (Å²) in [6.45, 7) is 4.78. The summed E-state index contributed by atoms with van der Waals surface area (Å²) in [6, 6.07) is 19.1. The number of aromatic nitrogens is 1. The first kappa shape index (κ1) is 23.7. The Morgan fingerprint density at radius 2 is 1.81 bits per heavy atom. The normalized spacial score (nSPS) is 31.8. The fourth-order valence-corrected chi connectivity index (χ4v) is 8.07. The fraction of sp³-hybridized carbons (Fsp3) is 0.548. The number of aromatic amines is 1. The van der Waals surface area contributed by atoms with Crippen molar-refractivity contribution in [1.29, 1.82) is 0 Å². The minimum absolute atomic E-state index is 0.0606. The van der Waals surface area contributed by atoms with E-state index in [-0.39, 0.29) is 24.8 Å². The van der Waals surface area contributed by atoms with Gasteiger partial charge in [-0.25, -0.2) is 0 Å². The monoisotopic (exact) mass is 504 g/mol. The number of fused-ring (bicyclic) bond motifs is 4. The van der Waals surface area contributed by atoms with Crippen molar-refractivity contribution in [3.05, 3.63) is 65.4 Å². The Balaban J connectivity index is 1.18. The van der Waals surface area contributed by atoms with Crippen molar-refractivity contribution >= 4 is 16.6 Å². The Morgan fingerprint density at radius 3 is 2.54 bits per heavy atom. The van der Waals surface area contributed by atoms with Crippen molar-refractivity contribution in [3.63, 3.8) is 0 Å². The third-order valence-corrected chi connectivity index (χ3v) is 9.83. The first-order valence-corrected chi connectivity index (χ1v) is 14.2. The molecule has 3 aliphatic carbocycles. The molecule has 4 fully saturated rings. The predicted octanol–water partition coefficient (Wildman–Crippen LogP) is 6.10. The number of para-hydroxylation sites is 1. The molecule has 2 aromatic carbocycles. The zero-order valence-electron chi connectivity index (χ0n) is 21.7. The van der Waals surface area contributed by atoms with Crippen molar-refractivity contribution in [2.75, 3.05) is 38.3 Å². The highest BCUT2D eigenvalue weighted by molar-refractivity contribution is 5.85. The van der Waals surface area contributed by atoms with E-state index in [4.69, 9.17) is 0 Å². The summed E-state index contributed by atoms with van der Waals surface area (Å²) in [5, 5.41) is 5.00. The molecule has 6 heteroatoms. The van der Waals surface area contributed by atoms with Gasteiger partial charge in [0.1, 0.15) is 0 Å². The molecular weight excluding hydrogens is 466 g/mol. The van der Waals surface area contributed by atoms with Gasteiger partial charge in [0.25, 0.3) is 0 Å². The number of halogens is 2. The van der Waals surface area contributed by atoms with Crippen molar-refractivity contribution in [2.45, 2.75) is 63.2 Å². The molecule has 8 rings (SSSR count). The summed E-state index contributed by atoms with van der Waals surface area (Å²) in [7, 11) is 0. The summed E-state index contributed by atoms with van der Waals surface area (Å²) in [5.41, 5.74) is 6.37. The summed E-state index contributed by atoms with van der Waals surface area (Å²) < 4.78 is 26.4. The molecule has 2 N–H and O–H groups in total. The van der Waals surface area contributed by atoms with Gasteiger partial charge in [-0.15, -0.1) is 0 Å². The van der Waals surface area contributed by atoms with Crippen LogP contribution in [-0.4, -0.2) is 65.9 Å². The molecule has 3 aromatic rings. The number of hydrogen-bond donors (Lipinski definition) is 2. The highest BCUT2D eigenvalue weighted by Crippen LogP contribution is 2.62. The van der Waals surface area contributed by atoms with Crippen LogP contribution in [0.5, 0.6) is 0 Å². The molecule has 4 nitrogen and oxygen atoms in total. The van der Waals surface area contributed by atoms with Crippen molar-refractivity contribution < 1.29 is 8.78 Å². The Hall–Kier alpha value is -2.44. The van der Waals surface area contributed by atoms with Crippen LogP contribution >= 0.6 is 0 Å². The number of H-pyrrole nitrogens is 1. The van der Waals surface area contributed by atoms with Crippen LogP contribution in [0.3, 0.4) is 0 Å². The molecule has 37 heavy (non-hydrogen) atoms. The summed E-state index contributed by atoms with van der Waals surface area (Å²) in [5.74, 6) is 0.617. The maximum Gasteiger partial charge on any atom is 0.0951 e. The number of anilines is 1. The number of benzene rings is 2. The minimum Gasteiger partial charge on any atom is -0.380 e. The van der Waals surface area contributed by atoms with Gasteiger partial charge >= 0.3 is 0 Å². The number of nitrogens with zero attached hydrogens (tertiary/aromatic N) is 2. The van der Waals surface area contributed by atoms with Crippen molar-refractivity contribution in [2.24, 2.45) is 11.3 Å². The van der Waals surface area contributed by atoms with E-state index in [0.717, 1.165) is 51.0 Å². The predicted molar refractivity (Wildman–Crippen MR) is 146 cm³/mol. The van der Waals surface area contributed by atoms with E-state index >= 15 is 0 Å². The van der Waals surface area contributed by atoms with Gasteiger partial charge in [0.2, 0.25) is 0 Å². The van der Waals surface area contributed by atoms with Crippen molar-refractivity contribution in [1.82, 2.24) is 14.8 Å². The van der Waals surface area contributed by atoms with E-state index in [1.165, 1.54) is 27.7 Å². The van der Waals surface area contributed by atoms with E-state index in [0.29, 0.717) is 30.5 Å². The van der Waals surface area contributed by atoms with Crippen LogP contribution in [0.2, 0.25) is 0 Å². The van der Waals surface area contributed by atoms with Gasteiger partial charge in [-0.05, 0) is 74.3 Å². The first-order valence-electron chi connectivity index (χ1n) is 14.2. The molecule has 3 atom stereocenters. The van der Waals surface area contributed by atoms with Crippen LogP contribution < -0.4 is 5.32 Å². The lowest BCUT2D eigenvalue weighted by atomic mass is 9.70. The summed E-state index contributed by atoms with van der Waals surface area (Å²) >= 11 is 0. The maximum atomic E-state index is 14.0. The third-order valence-electron chi connectivity index (χ3n) is 9.83. The molecule has 3 heterocycles. The first-order chi connectivity index (χ1) is 18.1. The van der Waals surface area contributed by atoms with Crippen LogP contribution in [0, 0.1) is 11.3 Å². The number of rotatable bonds is 8. The SMILES string of the molecule is C[C@@H]1Cc2c([nH]c3ccccc23)[C@@H](c2ccc(NC3CN(CCCF)C3)cc2)N1[C@@H]1CC2(CF)CC1C2. The molecule has 3 saturated carbocycles. The molecule has 0 spiro atoms. The molecule has 5 aliphatic rings. The highest BCUT2D eigenvalue weighted by Gasteiger charge is 2.59. The Bertz CT molecular complexity index is 1260. The fourth-order valence-electron chi connectivity index (χ4n) is 8.07.